The molecular formula is C18H24FN3O6S. The van der Waals surface area contributed by atoms with Crippen molar-refractivity contribution in [1.82, 2.24) is 14.9 Å². The van der Waals surface area contributed by atoms with Gasteiger partial charge in [-0.1, -0.05) is 12.1 Å². The maximum atomic E-state index is 13.9. The van der Waals surface area contributed by atoms with Gasteiger partial charge in [-0.2, -0.15) is 4.31 Å². The van der Waals surface area contributed by atoms with Crippen LogP contribution >= 0.6 is 0 Å². The molecule has 1 aromatic rings. The van der Waals surface area contributed by atoms with Crippen molar-refractivity contribution in [3.05, 3.63) is 30.1 Å². The fourth-order valence-electron chi connectivity index (χ4n) is 2.87. The molecule has 9 nitrogen and oxygen atoms in total. The molecule has 0 aliphatic carbocycles. The number of ether oxygens (including phenoxy) is 1. The SMILES string of the molecule is CCNC(=O)NC(=O)[C@@H](C)OC(=O)C1CCN(S(=O)(=O)c2ccccc2F)CC1. The van der Waals surface area contributed by atoms with Crippen molar-refractivity contribution in [1.29, 1.82) is 0 Å². The number of hydrogen-bond acceptors (Lipinski definition) is 6. The number of nitrogens with zero attached hydrogens (tertiary/aromatic N) is 1. The normalized spacial score (nSPS) is 16.7. The number of urea groups is 1. The number of hydrogen-bond donors (Lipinski definition) is 2. The van der Waals surface area contributed by atoms with E-state index in [2.05, 4.69) is 10.6 Å². The largest absolute Gasteiger partial charge is 0.452 e. The molecule has 2 rings (SSSR count). The molecule has 1 atom stereocenters. The summed E-state index contributed by atoms with van der Waals surface area (Å²) in [7, 11) is -4.00. The van der Waals surface area contributed by atoms with Crippen LogP contribution in [0.5, 0.6) is 0 Å². The lowest BCUT2D eigenvalue weighted by Crippen LogP contribution is -2.46. The fourth-order valence-corrected chi connectivity index (χ4v) is 4.40. The second kappa shape index (κ2) is 9.79. The van der Waals surface area contributed by atoms with Gasteiger partial charge in [0.15, 0.2) is 6.10 Å². The molecule has 160 valence electrons. The van der Waals surface area contributed by atoms with E-state index in [4.69, 9.17) is 4.74 Å². The average molecular weight is 429 g/mol. The Hall–Kier alpha value is -2.53. The predicted octanol–water partition coefficient (Wildman–Crippen LogP) is 1.00. The van der Waals surface area contributed by atoms with Gasteiger partial charge in [-0.25, -0.2) is 17.6 Å². The number of carbonyl (C=O) groups is 3. The van der Waals surface area contributed by atoms with Gasteiger partial charge in [-0.15, -0.1) is 0 Å². The average Bonchev–Trinajstić information content (AvgIpc) is 2.68. The summed E-state index contributed by atoms with van der Waals surface area (Å²) in [5, 5.41) is 4.43. The number of esters is 1. The van der Waals surface area contributed by atoms with Crippen LogP contribution in [0.15, 0.2) is 29.2 Å². The van der Waals surface area contributed by atoms with Crippen LogP contribution in [-0.2, 0) is 24.3 Å². The standard InChI is InChI=1S/C18H24FN3O6S/c1-3-20-18(25)21-16(23)12(2)28-17(24)13-8-10-22(11-9-13)29(26,27)15-7-5-4-6-14(15)19/h4-7,12-13H,3,8-11H2,1-2H3,(H2,20,21,23,25)/t12-/m1/s1. The third kappa shape index (κ3) is 5.73. The minimum atomic E-state index is -4.00. The topological polar surface area (TPSA) is 122 Å². The van der Waals surface area contributed by atoms with Crippen LogP contribution in [-0.4, -0.2) is 56.4 Å². The van der Waals surface area contributed by atoms with E-state index in [0.29, 0.717) is 6.54 Å². The number of rotatable bonds is 6. The summed E-state index contributed by atoms with van der Waals surface area (Å²) in [4.78, 5) is 35.1. The Labute approximate surface area is 168 Å². The molecule has 2 N–H and O–H groups in total. The van der Waals surface area contributed by atoms with E-state index in [1.807, 2.05) is 0 Å². The first-order valence-corrected chi connectivity index (χ1v) is 10.6. The summed E-state index contributed by atoms with van der Waals surface area (Å²) in [6.45, 7) is 3.41. The van der Waals surface area contributed by atoms with Gasteiger partial charge in [0.2, 0.25) is 10.0 Å². The Balaban J connectivity index is 1.90. The third-order valence-corrected chi connectivity index (χ3v) is 6.41. The second-order valence-electron chi connectivity index (χ2n) is 6.54. The molecule has 0 bridgehead atoms. The van der Waals surface area contributed by atoms with E-state index in [9.17, 15) is 27.2 Å². The molecule has 0 aromatic heterocycles. The van der Waals surface area contributed by atoms with Crippen LogP contribution < -0.4 is 10.6 Å². The summed E-state index contributed by atoms with van der Waals surface area (Å²) in [5.41, 5.74) is 0. The molecule has 3 amide bonds. The number of piperidine rings is 1. The highest BCUT2D eigenvalue weighted by molar-refractivity contribution is 7.89. The Bertz CT molecular complexity index is 868. The van der Waals surface area contributed by atoms with Crippen LogP contribution in [0.2, 0.25) is 0 Å². The van der Waals surface area contributed by atoms with E-state index in [-0.39, 0.29) is 25.9 Å². The van der Waals surface area contributed by atoms with Crippen molar-refractivity contribution >= 4 is 27.9 Å². The van der Waals surface area contributed by atoms with Gasteiger partial charge < -0.3 is 10.1 Å². The Morgan fingerprint density at radius 1 is 1.24 bits per heavy atom. The number of carbonyl (C=O) groups excluding carboxylic acids is 3. The molecule has 1 aliphatic heterocycles. The number of amides is 3. The summed E-state index contributed by atoms with van der Waals surface area (Å²) in [6.07, 6.45) is -0.820. The Morgan fingerprint density at radius 3 is 2.45 bits per heavy atom. The van der Waals surface area contributed by atoms with E-state index in [1.165, 1.54) is 25.1 Å². The zero-order valence-electron chi connectivity index (χ0n) is 16.2. The van der Waals surface area contributed by atoms with E-state index in [1.54, 1.807) is 6.92 Å². The van der Waals surface area contributed by atoms with Gasteiger partial charge in [0.05, 0.1) is 5.92 Å². The third-order valence-electron chi connectivity index (χ3n) is 4.48. The predicted molar refractivity (Wildman–Crippen MR) is 101 cm³/mol. The summed E-state index contributed by atoms with van der Waals surface area (Å²) >= 11 is 0. The molecule has 11 heteroatoms. The smallest absolute Gasteiger partial charge is 0.321 e. The minimum absolute atomic E-state index is 0.0237. The molecule has 1 aliphatic rings. The van der Waals surface area contributed by atoms with Crippen LogP contribution in [0.1, 0.15) is 26.7 Å². The van der Waals surface area contributed by atoms with E-state index >= 15 is 0 Å². The lowest BCUT2D eigenvalue weighted by molar-refractivity contribution is -0.159. The van der Waals surface area contributed by atoms with Crippen molar-refractivity contribution in [2.24, 2.45) is 5.92 Å². The molecule has 0 unspecified atom stereocenters. The monoisotopic (exact) mass is 429 g/mol. The maximum Gasteiger partial charge on any atom is 0.321 e. The molecule has 1 heterocycles. The van der Waals surface area contributed by atoms with Crippen LogP contribution in [0.3, 0.4) is 0 Å². The molecule has 0 radical (unpaired) electrons. The number of nitrogens with one attached hydrogen (secondary N) is 2. The van der Waals surface area contributed by atoms with Gasteiger partial charge in [-0.05, 0) is 38.8 Å². The van der Waals surface area contributed by atoms with Gasteiger partial charge in [-0.3, -0.25) is 14.9 Å². The first kappa shape index (κ1) is 22.8. The Morgan fingerprint density at radius 2 is 1.86 bits per heavy atom. The fraction of sp³-hybridized carbons (Fsp3) is 0.500. The first-order valence-electron chi connectivity index (χ1n) is 9.20. The lowest BCUT2D eigenvalue weighted by atomic mass is 9.98. The highest BCUT2D eigenvalue weighted by Crippen LogP contribution is 2.26. The minimum Gasteiger partial charge on any atom is -0.452 e. The van der Waals surface area contributed by atoms with Gasteiger partial charge in [0.1, 0.15) is 10.7 Å². The summed E-state index contributed by atoms with van der Waals surface area (Å²) in [6, 6.07) is 4.42. The molecular weight excluding hydrogens is 405 g/mol. The molecule has 29 heavy (non-hydrogen) atoms. The van der Waals surface area contributed by atoms with Crippen LogP contribution in [0, 0.1) is 11.7 Å². The highest BCUT2D eigenvalue weighted by Gasteiger charge is 2.35. The van der Waals surface area contributed by atoms with Gasteiger partial charge >= 0.3 is 12.0 Å². The number of imide groups is 1. The van der Waals surface area contributed by atoms with Crippen molar-refractivity contribution in [3.63, 3.8) is 0 Å². The van der Waals surface area contributed by atoms with Crippen molar-refractivity contribution < 1.29 is 31.9 Å². The first-order chi connectivity index (χ1) is 13.7. The molecule has 1 aromatic carbocycles. The van der Waals surface area contributed by atoms with Crippen molar-refractivity contribution in [2.45, 2.75) is 37.7 Å². The van der Waals surface area contributed by atoms with Crippen LogP contribution in [0.25, 0.3) is 0 Å². The van der Waals surface area contributed by atoms with Crippen molar-refractivity contribution in [3.8, 4) is 0 Å². The summed E-state index contributed by atoms with van der Waals surface area (Å²) < 4.78 is 45.3. The number of halogens is 1. The van der Waals surface area contributed by atoms with Crippen molar-refractivity contribution in [2.75, 3.05) is 19.6 Å². The van der Waals surface area contributed by atoms with Gasteiger partial charge in [0, 0.05) is 19.6 Å². The second-order valence-corrected chi connectivity index (χ2v) is 8.44. The molecule has 1 fully saturated rings. The van der Waals surface area contributed by atoms with Gasteiger partial charge in [0.25, 0.3) is 5.91 Å². The number of sulfonamides is 1. The Kier molecular flexibility index (Phi) is 7.68. The number of benzene rings is 1. The summed E-state index contributed by atoms with van der Waals surface area (Å²) in [5.74, 6) is -2.84. The maximum absolute atomic E-state index is 13.9. The quantitative estimate of drug-likeness (QED) is 0.651. The molecule has 0 spiro atoms. The molecule has 0 saturated carbocycles. The van der Waals surface area contributed by atoms with E-state index in [0.717, 1.165) is 10.4 Å². The van der Waals surface area contributed by atoms with E-state index < -0.39 is 50.7 Å². The van der Waals surface area contributed by atoms with Crippen LogP contribution in [0.4, 0.5) is 9.18 Å². The zero-order chi connectivity index (χ0) is 21.6. The molecule has 1 saturated heterocycles. The zero-order valence-corrected chi connectivity index (χ0v) is 17.0. The lowest BCUT2D eigenvalue weighted by Gasteiger charge is -2.30. The highest BCUT2D eigenvalue weighted by atomic mass is 32.2.